The van der Waals surface area contributed by atoms with Crippen LogP contribution in [0.2, 0.25) is 0 Å². The van der Waals surface area contributed by atoms with Gasteiger partial charge < -0.3 is 15.4 Å². The Morgan fingerprint density at radius 2 is 1.94 bits per heavy atom. The normalized spacial score (nSPS) is 10.4. The van der Waals surface area contributed by atoms with E-state index in [0.717, 1.165) is 43.1 Å². The molecule has 1 aromatic rings. The van der Waals surface area contributed by atoms with Crippen LogP contribution in [0.4, 0.5) is 11.4 Å². The highest BCUT2D eigenvalue weighted by Crippen LogP contribution is 2.27. The molecule has 0 aliphatic carbocycles. The fraction of sp³-hybridized carbons (Fsp3) is 0.600. The first-order valence-electron chi connectivity index (χ1n) is 6.92. The number of nitrogen functional groups attached to an aromatic ring is 1. The van der Waals surface area contributed by atoms with Gasteiger partial charge >= 0.3 is 0 Å². The monoisotopic (exact) mass is 250 g/mol. The van der Waals surface area contributed by atoms with Gasteiger partial charge in [0.05, 0.1) is 12.3 Å². The van der Waals surface area contributed by atoms with E-state index in [2.05, 4.69) is 25.8 Å². The van der Waals surface area contributed by atoms with Crippen molar-refractivity contribution in [2.45, 2.75) is 39.5 Å². The highest BCUT2D eigenvalue weighted by atomic mass is 16.5. The van der Waals surface area contributed by atoms with Crippen molar-refractivity contribution in [3.8, 4) is 5.75 Å². The predicted molar refractivity (Wildman–Crippen MR) is 79.4 cm³/mol. The molecule has 0 aromatic heterocycles. The molecule has 0 aliphatic rings. The van der Waals surface area contributed by atoms with E-state index in [9.17, 15) is 0 Å². The lowest BCUT2D eigenvalue weighted by atomic mass is 10.2. The highest BCUT2D eigenvalue weighted by molar-refractivity contribution is 5.62. The van der Waals surface area contributed by atoms with Gasteiger partial charge in [0.2, 0.25) is 0 Å². The summed E-state index contributed by atoms with van der Waals surface area (Å²) in [6.07, 6.45) is 4.63. The SMILES string of the molecule is CCCCCOc1cc(N(C)CCC)ccc1N. The molecule has 3 heteroatoms. The third-order valence-electron chi connectivity index (χ3n) is 3.00. The Morgan fingerprint density at radius 1 is 1.17 bits per heavy atom. The van der Waals surface area contributed by atoms with Crippen LogP contribution in [-0.4, -0.2) is 20.2 Å². The van der Waals surface area contributed by atoms with Gasteiger partial charge in [0.15, 0.2) is 0 Å². The minimum atomic E-state index is 0.722. The molecule has 0 bridgehead atoms. The molecule has 3 nitrogen and oxygen atoms in total. The molecule has 1 aromatic carbocycles. The topological polar surface area (TPSA) is 38.5 Å². The van der Waals surface area contributed by atoms with Crippen LogP contribution in [0.1, 0.15) is 39.5 Å². The molecule has 0 saturated carbocycles. The predicted octanol–water partition coefficient (Wildman–Crippen LogP) is 3.68. The third-order valence-corrected chi connectivity index (χ3v) is 3.00. The van der Waals surface area contributed by atoms with E-state index in [1.165, 1.54) is 12.8 Å². The van der Waals surface area contributed by atoms with E-state index in [0.29, 0.717) is 0 Å². The summed E-state index contributed by atoms with van der Waals surface area (Å²) < 4.78 is 5.76. The quantitative estimate of drug-likeness (QED) is 0.565. The minimum absolute atomic E-state index is 0.722. The Balaban J connectivity index is 2.63. The molecule has 0 fully saturated rings. The number of benzene rings is 1. The molecule has 0 saturated heterocycles. The Bertz CT molecular complexity index is 352. The van der Waals surface area contributed by atoms with Crippen LogP contribution in [0.3, 0.4) is 0 Å². The molecule has 102 valence electrons. The van der Waals surface area contributed by atoms with Gasteiger partial charge in [-0.25, -0.2) is 0 Å². The van der Waals surface area contributed by atoms with Crippen molar-refractivity contribution in [3.05, 3.63) is 18.2 Å². The maximum absolute atomic E-state index is 5.93. The van der Waals surface area contributed by atoms with Gasteiger partial charge in [0.1, 0.15) is 5.75 Å². The van der Waals surface area contributed by atoms with Gasteiger partial charge in [-0.2, -0.15) is 0 Å². The molecular weight excluding hydrogens is 224 g/mol. The minimum Gasteiger partial charge on any atom is -0.491 e. The van der Waals surface area contributed by atoms with Gasteiger partial charge in [0, 0.05) is 25.3 Å². The van der Waals surface area contributed by atoms with Gasteiger partial charge in [-0.15, -0.1) is 0 Å². The summed E-state index contributed by atoms with van der Waals surface area (Å²) in [6.45, 7) is 6.16. The summed E-state index contributed by atoms with van der Waals surface area (Å²) in [5.74, 6) is 0.812. The lowest BCUT2D eigenvalue weighted by molar-refractivity contribution is 0.308. The average Bonchev–Trinajstić information content (AvgIpc) is 2.37. The first-order valence-corrected chi connectivity index (χ1v) is 6.92. The second-order valence-electron chi connectivity index (χ2n) is 4.70. The van der Waals surface area contributed by atoms with Crippen molar-refractivity contribution >= 4 is 11.4 Å². The Hall–Kier alpha value is -1.38. The van der Waals surface area contributed by atoms with E-state index < -0.39 is 0 Å². The summed E-state index contributed by atoms with van der Waals surface area (Å²) in [7, 11) is 2.09. The Labute approximate surface area is 111 Å². The van der Waals surface area contributed by atoms with Crippen molar-refractivity contribution < 1.29 is 4.74 Å². The zero-order valence-corrected chi connectivity index (χ0v) is 11.9. The molecule has 0 amide bonds. The number of nitrogens with zero attached hydrogens (tertiary/aromatic N) is 1. The van der Waals surface area contributed by atoms with Gasteiger partial charge in [0.25, 0.3) is 0 Å². The van der Waals surface area contributed by atoms with Crippen molar-refractivity contribution in [1.29, 1.82) is 0 Å². The summed E-state index contributed by atoms with van der Waals surface area (Å²) in [5.41, 5.74) is 7.82. The second-order valence-corrected chi connectivity index (χ2v) is 4.70. The number of anilines is 2. The third kappa shape index (κ3) is 4.47. The van der Waals surface area contributed by atoms with Crippen molar-refractivity contribution in [2.24, 2.45) is 0 Å². The fourth-order valence-electron chi connectivity index (χ4n) is 1.88. The molecular formula is C15H26N2O. The number of rotatable bonds is 8. The maximum Gasteiger partial charge on any atom is 0.144 e. The lowest BCUT2D eigenvalue weighted by Crippen LogP contribution is -2.17. The maximum atomic E-state index is 5.93. The zero-order chi connectivity index (χ0) is 13.4. The van der Waals surface area contributed by atoms with Crippen molar-refractivity contribution in [2.75, 3.05) is 30.8 Å². The van der Waals surface area contributed by atoms with E-state index in [-0.39, 0.29) is 0 Å². The van der Waals surface area contributed by atoms with Crippen LogP contribution in [0.15, 0.2) is 18.2 Å². The summed E-state index contributed by atoms with van der Waals surface area (Å²) >= 11 is 0. The van der Waals surface area contributed by atoms with E-state index in [1.54, 1.807) is 0 Å². The largest absolute Gasteiger partial charge is 0.491 e. The Morgan fingerprint density at radius 3 is 2.61 bits per heavy atom. The summed E-state index contributed by atoms with van der Waals surface area (Å²) in [4.78, 5) is 2.22. The number of ether oxygens (including phenoxy) is 1. The molecule has 0 spiro atoms. The molecule has 1 rings (SSSR count). The van der Waals surface area contributed by atoms with Crippen LogP contribution in [0.5, 0.6) is 5.75 Å². The summed E-state index contributed by atoms with van der Waals surface area (Å²) in [6, 6.07) is 6.01. The van der Waals surface area contributed by atoms with E-state index in [4.69, 9.17) is 10.5 Å². The Kier molecular flexibility index (Phi) is 6.40. The molecule has 0 radical (unpaired) electrons. The van der Waals surface area contributed by atoms with Crippen LogP contribution in [0.25, 0.3) is 0 Å². The first-order chi connectivity index (χ1) is 8.69. The fourth-order valence-corrected chi connectivity index (χ4v) is 1.88. The first kappa shape index (κ1) is 14.7. The van der Waals surface area contributed by atoms with Gasteiger partial charge in [-0.3, -0.25) is 0 Å². The molecule has 2 N–H and O–H groups in total. The zero-order valence-electron chi connectivity index (χ0n) is 11.9. The van der Waals surface area contributed by atoms with Crippen molar-refractivity contribution in [1.82, 2.24) is 0 Å². The highest BCUT2D eigenvalue weighted by Gasteiger charge is 2.05. The molecule has 0 atom stereocenters. The summed E-state index contributed by atoms with van der Waals surface area (Å²) in [5, 5.41) is 0. The van der Waals surface area contributed by atoms with Crippen LogP contribution in [-0.2, 0) is 0 Å². The van der Waals surface area contributed by atoms with Gasteiger partial charge in [-0.1, -0.05) is 26.7 Å². The molecule has 0 heterocycles. The standard InChI is InChI=1S/C15H26N2O/c1-4-6-7-11-18-15-12-13(8-9-14(15)16)17(3)10-5-2/h8-9,12H,4-7,10-11,16H2,1-3H3. The average molecular weight is 250 g/mol. The van der Waals surface area contributed by atoms with E-state index >= 15 is 0 Å². The van der Waals surface area contributed by atoms with Gasteiger partial charge in [-0.05, 0) is 25.0 Å². The molecule has 18 heavy (non-hydrogen) atoms. The van der Waals surface area contributed by atoms with Crippen LogP contribution < -0.4 is 15.4 Å². The number of hydrogen-bond donors (Lipinski definition) is 1. The number of unbranched alkanes of at least 4 members (excludes halogenated alkanes) is 2. The van der Waals surface area contributed by atoms with Crippen LogP contribution >= 0.6 is 0 Å². The lowest BCUT2D eigenvalue weighted by Gasteiger charge is -2.20. The number of nitrogens with two attached hydrogens (primary N) is 1. The number of hydrogen-bond acceptors (Lipinski definition) is 3. The van der Waals surface area contributed by atoms with Crippen LogP contribution in [0, 0.1) is 0 Å². The second kappa shape index (κ2) is 7.85. The molecule has 0 aliphatic heterocycles. The molecule has 0 unspecified atom stereocenters. The smallest absolute Gasteiger partial charge is 0.144 e. The van der Waals surface area contributed by atoms with E-state index in [1.807, 2.05) is 18.2 Å². The van der Waals surface area contributed by atoms with Crippen molar-refractivity contribution in [3.63, 3.8) is 0 Å².